The van der Waals surface area contributed by atoms with E-state index < -0.39 is 24.4 Å². The van der Waals surface area contributed by atoms with Gasteiger partial charge in [-0.1, -0.05) is 42.8 Å². The smallest absolute Gasteiger partial charge is 0.340 e. The minimum Gasteiger partial charge on any atom is -0.493 e. The van der Waals surface area contributed by atoms with Crippen molar-refractivity contribution in [3.63, 3.8) is 0 Å². The van der Waals surface area contributed by atoms with Crippen molar-refractivity contribution >= 4 is 40.8 Å². The molecule has 0 atom stereocenters. The van der Waals surface area contributed by atoms with Crippen LogP contribution in [0.15, 0.2) is 60.7 Å². The van der Waals surface area contributed by atoms with Gasteiger partial charge in [-0.15, -0.1) is 0 Å². The van der Waals surface area contributed by atoms with Crippen LogP contribution >= 0.6 is 11.6 Å². The molecule has 182 valence electrons. The second kappa shape index (κ2) is 11.9. The predicted octanol–water partition coefficient (Wildman–Crippen LogP) is 4.97. The number of hydrogen-bond acceptors (Lipinski definition) is 6. The average Bonchev–Trinajstić information content (AvgIpc) is 2.87. The van der Waals surface area contributed by atoms with Crippen molar-refractivity contribution in [1.29, 1.82) is 0 Å². The fourth-order valence-electron chi connectivity index (χ4n) is 3.26. The number of benzene rings is 3. The van der Waals surface area contributed by atoms with Crippen LogP contribution in [0.25, 0.3) is 0 Å². The Morgan fingerprint density at radius 3 is 2.26 bits per heavy atom. The van der Waals surface area contributed by atoms with Crippen LogP contribution in [0, 0.1) is 0 Å². The van der Waals surface area contributed by atoms with Crippen molar-refractivity contribution in [1.82, 2.24) is 0 Å². The van der Waals surface area contributed by atoms with Crippen LogP contribution in [0.4, 0.5) is 11.4 Å². The van der Waals surface area contributed by atoms with Crippen LogP contribution < -0.4 is 20.1 Å². The van der Waals surface area contributed by atoms with Gasteiger partial charge in [0, 0.05) is 17.8 Å². The van der Waals surface area contributed by atoms with Gasteiger partial charge in [-0.05, 0) is 36.2 Å². The minimum absolute atomic E-state index is 0.0242. The summed E-state index contributed by atoms with van der Waals surface area (Å²) in [6.45, 7) is 1.48. The summed E-state index contributed by atoms with van der Waals surface area (Å²) in [6.07, 6.45) is 0.820. The molecule has 8 nitrogen and oxygen atoms in total. The first kappa shape index (κ1) is 25.6. The molecular formula is C26H25ClN2O6. The number of ether oxygens (including phenoxy) is 3. The molecule has 0 bridgehead atoms. The zero-order chi connectivity index (χ0) is 25.4. The Morgan fingerprint density at radius 2 is 1.57 bits per heavy atom. The molecule has 0 heterocycles. The summed E-state index contributed by atoms with van der Waals surface area (Å²) >= 11 is 6.12. The van der Waals surface area contributed by atoms with Crippen LogP contribution in [-0.4, -0.2) is 38.6 Å². The van der Waals surface area contributed by atoms with Gasteiger partial charge in [0.05, 0.1) is 36.1 Å². The van der Waals surface area contributed by atoms with Crippen molar-refractivity contribution in [3.8, 4) is 11.5 Å². The van der Waals surface area contributed by atoms with Crippen LogP contribution in [0.3, 0.4) is 0 Å². The zero-order valence-corrected chi connectivity index (χ0v) is 20.3. The molecule has 2 amide bonds. The second-order valence-corrected chi connectivity index (χ2v) is 7.77. The number of methoxy groups -OCH3 is 2. The molecule has 0 aliphatic carbocycles. The molecule has 0 unspecified atom stereocenters. The molecule has 0 radical (unpaired) electrons. The first-order chi connectivity index (χ1) is 16.9. The standard InChI is InChI=1S/C26H25ClN2O6/c1-4-16-8-7-9-17(12-16)28-24(30)15-35-26(32)19-13-22(33-2)23(34-3)14-21(19)29-25(31)18-10-5-6-11-20(18)27/h5-14H,4,15H2,1-3H3,(H,28,30)(H,29,31). The molecule has 35 heavy (non-hydrogen) atoms. The van der Waals surface area contributed by atoms with Crippen molar-refractivity contribution in [2.24, 2.45) is 0 Å². The van der Waals surface area contributed by atoms with E-state index in [0.717, 1.165) is 12.0 Å². The number of halogens is 1. The predicted molar refractivity (Wildman–Crippen MR) is 134 cm³/mol. The summed E-state index contributed by atoms with van der Waals surface area (Å²) in [5.41, 5.74) is 1.96. The number of carbonyl (C=O) groups is 3. The number of amides is 2. The van der Waals surface area contributed by atoms with E-state index >= 15 is 0 Å². The lowest BCUT2D eigenvalue weighted by Crippen LogP contribution is -2.22. The minimum atomic E-state index is -0.835. The molecule has 0 fully saturated rings. The molecular weight excluding hydrogens is 472 g/mol. The lowest BCUT2D eigenvalue weighted by Gasteiger charge is -2.15. The highest BCUT2D eigenvalue weighted by Crippen LogP contribution is 2.34. The SMILES string of the molecule is CCc1cccc(NC(=O)COC(=O)c2cc(OC)c(OC)cc2NC(=O)c2ccccc2Cl)c1. The summed E-state index contributed by atoms with van der Waals surface area (Å²) < 4.78 is 15.8. The van der Waals surface area contributed by atoms with E-state index in [-0.39, 0.29) is 33.3 Å². The third-order valence-corrected chi connectivity index (χ3v) is 5.39. The Morgan fingerprint density at radius 1 is 0.857 bits per heavy atom. The maximum atomic E-state index is 12.9. The van der Waals surface area contributed by atoms with Gasteiger partial charge < -0.3 is 24.8 Å². The zero-order valence-electron chi connectivity index (χ0n) is 19.5. The van der Waals surface area contributed by atoms with Crippen molar-refractivity contribution in [3.05, 3.63) is 82.4 Å². The number of rotatable bonds is 9. The van der Waals surface area contributed by atoms with E-state index in [1.807, 2.05) is 25.1 Å². The average molecular weight is 497 g/mol. The number of esters is 1. The molecule has 3 aromatic carbocycles. The fourth-order valence-corrected chi connectivity index (χ4v) is 3.48. The number of aryl methyl sites for hydroxylation is 1. The number of nitrogens with one attached hydrogen (secondary N) is 2. The van der Waals surface area contributed by atoms with Gasteiger partial charge in [0.2, 0.25) is 0 Å². The molecule has 0 spiro atoms. The number of carbonyl (C=O) groups excluding carboxylic acids is 3. The summed E-state index contributed by atoms with van der Waals surface area (Å²) in [6, 6.07) is 16.7. The Kier molecular flexibility index (Phi) is 8.69. The van der Waals surface area contributed by atoms with E-state index in [0.29, 0.717) is 5.69 Å². The van der Waals surface area contributed by atoms with E-state index in [4.69, 9.17) is 25.8 Å². The number of hydrogen-bond donors (Lipinski definition) is 2. The molecule has 9 heteroatoms. The lowest BCUT2D eigenvalue weighted by molar-refractivity contribution is -0.119. The topological polar surface area (TPSA) is 103 Å². The highest BCUT2D eigenvalue weighted by molar-refractivity contribution is 6.34. The van der Waals surface area contributed by atoms with Crippen LogP contribution in [0.1, 0.15) is 33.2 Å². The maximum absolute atomic E-state index is 12.9. The van der Waals surface area contributed by atoms with Crippen molar-refractivity contribution in [2.45, 2.75) is 13.3 Å². The van der Waals surface area contributed by atoms with E-state index in [1.165, 1.54) is 26.4 Å². The van der Waals surface area contributed by atoms with Crippen LogP contribution in [0.2, 0.25) is 5.02 Å². The van der Waals surface area contributed by atoms with Crippen molar-refractivity contribution < 1.29 is 28.6 Å². The van der Waals surface area contributed by atoms with Gasteiger partial charge in [-0.2, -0.15) is 0 Å². The fraction of sp³-hybridized carbons (Fsp3) is 0.192. The Balaban J connectivity index is 1.79. The number of anilines is 2. The van der Waals surface area contributed by atoms with Crippen LogP contribution in [0.5, 0.6) is 11.5 Å². The van der Waals surface area contributed by atoms with E-state index in [9.17, 15) is 14.4 Å². The Hall–Kier alpha value is -4.04. The van der Waals surface area contributed by atoms with Gasteiger partial charge in [-0.3, -0.25) is 9.59 Å². The quantitative estimate of drug-likeness (QED) is 0.405. The maximum Gasteiger partial charge on any atom is 0.340 e. The Labute approximate surface area is 208 Å². The van der Waals surface area contributed by atoms with Gasteiger partial charge in [0.1, 0.15) is 0 Å². The molecule has 0 saturated heterocycles. The van der Waals surface area contributed by atoms with Gasteiger partial charge >= 0.3 is 5.97 Å². The van der Waals surface area contributed by atoms with Crippen LogP contribution in [-0.2, 0) is 16.0 Å². The van der Waals surface area contributed by atoms with E-state index in [1.54, 1.807) is 30.3 Å². The largest absolute Gasteiger partial charge is 0.493 e. The first-order valence-corrected chi connectivity index (χ1v) is 11.1. The third-order valence-electron chi connectivity index (χ3n) is 5.06. The summed E-state index contributed by atoms with van der Waals surface area (Å²) in [4.78, 5) is 38.0. The molecule has 3 rings (SSSR count). The molecule has 3 aromatic rings. The lowest BCUT2D eigenvalue weighted by atomic mass is 10.1. The van der Waals surface area contributed by atoms with Gasteiger partial charge in [0.15, 0.2) is 18.1 Å². The summed E-state index contributed by atoms with van der Waals surface area (Å²) in [5, 5.41) is 5.60. The Bertz CT molecular complexity index is 1240. The molecule has 0 aromatic heterocycles. The highest BCUT2D eigenvalue weighted by atomic mass is 35.5. The monoisotopic (exact) mass is 496 g/mol. The van der Waals surface area contributed by atoms with Gasteiger partial charge in [0.25, 0.3) is 11.8 Å². The van der Waals surface area contributed by atoms with Gasteiger partial charge in [-0.25, -0.2) is 4.79 Å². The summed E-state index contributed by atoms with van der Waals surface area (Å²) in [5.74, 6) is -1.35. The van der Waals surface area contributed by atoms with Crippen molar-refractivity contribution in [2.75, 3.05) is 31.5 Å². The summed E-state index contributed by atoms with van der Waals surface area (Å²) in [7, 11) is 2.83. The molecule has 0 saturated carbocycles. The first-order valence-electron chi connectivity index (χ1n) is 10.7. The normalized spacial score (nSPS) is 10.3. The molecule has 2 N–H and O–H groups in total. The highest BCUT2D eigenvalue weighted by Gasteiger charge is 2.22. The second-order valence-electron chi connectivity index (χ2n) is 7.36. The van der Waals surface area contributed by atoms with E-state index in [2.05, 4.69) is 10.6 Å². The molecule has 0 aliphatic heterocycles. The third kappa shape index (κ3) is 6.51. The molecule has 0 aliphatic rings.